The Balaban J connectivity index is 2.04. The molecule has 1 atom stereocenters. The average molecular weight is 273 g/mol. The van der Waals surface area contributed by atoms with Gasteiger partial charge in [0.15, 0.2) is 0 Å². The average Bonchev–Trinajstić information content (AvgIpc) is 2.49. The standard InChI is InChI=1S/C15H15NO4/c1-19-14-9-7-12(8-10-14)11-20-15(16(17)18)13-5-3-2-4-6-13/h2-10,15H,11H2,1H3. The summed E-state index contributed by atoms with van der Waals surface area (Å²) < 4.78 is 10.5. The van der Waals surface area contributed by atoms with Crippen molar-refractivity contribution in [2.45, 2.75) is 12.8 Å². The van der Waals surface area contributed by atoms with Gasteiger partial charge in [-0.25, -0.2) is 0 Å². The van der Waals surface area contributed by atoms with E-state index < -0.39 is 11.2 Å². The van der Waals surface area contributed by atoms with Crippen LogP contribution in [0.1, 0.15) is 17.4 Å². The highest BCUT2D eigenvalue weighted by Gasteiger charge is 2.22. The van der Waals surface area contributed by atoms with Crippen molar-refractivity contribution in [3.05, 3.63) is 75.8 Å². The summed E-state index contributed by atoms with van der Waals surface area (Å²) in [6, 6.07) is 15.9. The van der Waals surface area contributed by atoms with Gasteiger partial charge >= 0.3 is 6.23 Å². The fourth-order valence-electron chi connectivity index (χ4n) is 1.79. The van der Waals surface area contributed by atoms with Gasteiger partial charge in [-0.3, -0.25) is 10.1 Å². The quantitative estimate of drug-likeness (QED) is 0.460. The summed E-state index contributed by atoms with van der Waals surface area (Å²) in [6.07, 6.45) is -1.15. The molecule has 0 heterocycles. The second kappa shape index (κ2) is 6.68. The smallest absolute Gasteiger partial charge is 0.342 e. The van der Waals surface area contributed by atoms with E-state index in [4.69, 9.17) is 9.47 Å². The third-order valence-corrected chi connectivity index (χ3v) is 2.84. The largest absolute Gasteiger partial charge is 0.497 e. The molecule has 5 nitrogen and oxygen atoms in total. The van der Waals surface area contributed by atoms with Gasteiger partial charge < -0.3 is 9.47 Å². The van der Waals surface area contributed by atoms with Crippen LogP contribution in [0.15, 0.2) is 54.6 Å². The summed E-state index contributed by atoms with van der Waals surface area (Å²) in [5, 5.41) is 11.1. The van der Waals surface area contributed by atoms with Gasteiger partial charge in [-0.05, 0) is 29.8 Å². The predicted molar refractivity (Wildman–Crippen MR) is 74.0 cm³/mol. The molecule has 0 saturated carbocycles. The van der Waals surface area contributed by atoms with Gasteiger partial charge in [-0.15, -0.1) is 0 Å². The number of hydrogen-bond acceptors (Lipinski definition) is 4. The summed E-state index contributed by atoms with van der Waals surface area (Å²) in [6.45, 7) is 0.171. The Morgan fingerprint density at radius 2 is 1.75 bits per heavy atom. The van der Waals surface area contributed by atoms with Crippen molar-refractivity contribution in [3.63, 3.8) is 0 Å². The van der Waals surface area contributed by atoms with E-state index in [1.54, 1.807) is 43.5 Å². The maximum absolute atomic E-state index is 11.1. The van der Waals surface area contributed by atoms with Crippen LogP contribution in [-0.2, 0) is 11.3 Å². The Labute approximate surface area is 116 Å². The molecule has 20 heavy (non-hydrogen) atoms. The summed E-state index contributed by atoms with van der Waals surface area (Å²) in [4.78, 5) is 10.7. The van der Waals surface area contributed by atoms with E-state index in [-0.39, 0.29) is 6.61 Å². The van der Waals surface area contributed by atoms with E-state index in [0.717, 1.165) is 11.3 Å². The first-order valence-corrected chi connectivity index (χ1v) is 6.13. The van der Waals surface area contributed by atoms with Gasteiger partial charge in [0.1, 0.15) is 5.75 Å². The highest BCUT2D eigenvalue weighted by molar-refractivity contribution is 5.26. The molecule has 0 aliphatic heterocycles. The highest BCUT2D eigenvalue weighted by atomic mass is 16.7. The molecule has 0 amide bonds. The number of nitro groups is 1. The molecular formula is C15H15NO4. The van der Waals surface area contributed by atoms with Crippen LogP contribution in [-0.4, -0.2) is 12.0 Å². The minimum absolute atomic E-state index is 0.171. The lowest BCUT2D eigenvalue weighted by Gasteiger charge is -2.11. The van der Waals surface area contributed by atoms with Gasteiger partial charge in [0.05, 0.1) is 24.2 Å². The lowest BCUT2D eigenvalue weighted by Crippen LogP contribution is -2.14. The number of benzene rings is 2. The zero-order valence-corrected chi connectivity index (χ0v) is 11.1. The molecule has 1 unspecified atom stereocenters. The molecule has 0 radical (unpaired) electrons. The molecular weight excluding hydrogens is 258 g/mol. The molecule has 104 valence electrons. The normalized spacial score (nSPS) is 11.8. The van der Waals surface area contributed by atoms with Crippen molar-refractivity contribution >= 4 is 0 Å². The van der Waals surface area contributed by atoms with Crippen molar-refractivity contribution in [1.29, 1.82) is 0 Å². The summed E-state index contributed by atoms with van der Waals surface area (Å²) >= 11 is 0. The minimum Gasteiger partial charge on any atom is -0.497 e. The molecule has 0 bridgehead atoms. The van der Waals surface area contributed by atoms with E-state index in [2.05, 4.69) is 0 Å². The SMILES string of the molecule is COc1ccc(COC(c2ccccc2)[N+](=O)[O-])cc1. The van der Waals surface area contributed by atoms with E-state index in [9.17, 15) is 10.1 Å². The lowest BCUT2D eigenvalue weighted by atomic mass is 10.2. The van der Waals surface area contributed by atoms with Crippen molar-refractivity contribution < 1.29 is 14.4 Å². The maximum atomic E-state index is 11.1. The summed E-state index contributed by atoms with van der Waals surface area (Å²) in [5.41, 5.74) is 1.39. The molecule has 0 saturated heterocycles. The van der Waals surface area contributed by atoms with Gasteiger partial charge in [0, 0.05) is 0 Å². The van der Waals surface area contributed by atoms with Crippen LogP contribution < -0.4 is 4.74 Å². The number of rotatable bonds is 6. The van der Waals surface area contributed by atoms with Crippen molar-refractivity contribution in [1.82, 2.24) is 0 Å². The van der Waals surface area contributed by atoms with Gasteiger partial charge in [-0.2, -0.15) is 0 Å². The summed E-state index contributed by atoms with van der Waals surface area (Å²) in [7, 11) is 1.59. The van der Waals surface area contributed by atoms with Gasteiger partial charge in [-0.1, -0.05) is 30.3 Å². The third-order valence-electron chi connectivity index (χ3n) is 2.84. The fraction of sp³-hybridized carbons (Fsp3) is 0.200. The molecule has 5 heteroatoms. The monoisotopic (exact) mass is 273 g/mol. The zero-order chi connectivity index (χ0) is 14.4. The fourth-order valence-corrected chi connectivity index (χ4v) is 1.79. The molecule has 0 aromatic heterocycles. The zero-order valence-electron chi connectivity index (χ0n) is 11.1. The van der Waals surface area contributed by atoms with Crippen LogP contribution in [0.4, 0.5) is 0 Å². The number of ether oxygens (including phenoxy) is 2. The summed E-state index contributed by atoms with van der Waals surface area (Å²) in [5.74, 6) is 0.739. The molecule has 0 aliphatic rings. The molecule has 0 N–H and O–H groups in total. The van der Waals surface area contributed by atoms with Crippen LogP contribution in [0.2, 0.25) is 0 Å². The Hall–Kier alpha value is -2.40. The number of methoxy groups -OCH3 is 1. The van der Waals surface area contributed by atoms with Crippen LogP contribution in [0, 0.1) is 10.1 Å². The van der Waals surface area contributed by atoms with Crippen molar-refractivity contribution in [2.75, 3.05) is 7.11 Å². The van der Waals surface area contributed by atoms with Crippen molar-refractivity contribution in [3.8, 4) is 5.75 Å². The first-order chi connectivity index (χ1) is 9.70. The van der Waals surface area contributed by atoms with Gasteiger partial charge in [0.25, 0.3) is 0 Å². The van der Waals surface area contributed by atoms with Crippen LogP contribution in [0.5, 0.6) is 5.75 Å². The Kier molecular flexibility index (Phi) is 4.68. The molecule has 2 aromatic carbocycles. The van der Waals surface area contributed by atoms with Crippen LogP contribution in [0.3, 0.4) is 0 Å². The second-order valence-electron chi connectivity index (χ2n) is 4.21. The Morgan fingerprint density at radius 3 is 2.30 bits per heavy atom. The first kappa shape index (κ1) is 14.0. The maximum Gasteiger partial charge on any atom is 0.342 e. The van der Waals surface area contributed by atoms with Crippen LogP contribution in [0.25, 0.3) is 0 Å². The van der Waals surface area contributed by atoms with E-state index >= 15 is 0 Å². The number of hydrogen-bond donors (Lipinski definition) is 0. The molecule has 0 spiro atoms. The third kappa shape index (κ3) is 3.55. The van der Waals surface area contributed by atoms with E-state index in [1.807, 2.05) is 18.2 Å². The van der Waals surface area contributed by atoms with Crippen LogP contribution >= 0.6 is 0 Å². The Morgan fingerprint density at radius 1 is 1.10 bits per heavy atom. The van der Waals surface area contributed by atoms with E-state index in [1.165, 1.54) is 0 Å². The number of nitrogens with zero attached hydrogens (tertiary/aromatic N) is 1. The second-order valence-corrected chi connectivity index (χ2v) is 4.21. The molecule has 2 aromatic rings. The highest BCUT2D eigenvalue weighted by Crippen LogP contribution is 2.20. The van der Waals surface area contributed by atoms with E-state index in [0.29, 0.717) is 5.56 Å². The topological polar surface area (TPSA) is 61.6 Å². The predicted octanol–water partition coefficient (Wildman–Crippen LogP) is 3.19. The van der Waals surface area contributed by atoms with Crippen molar-refractivity contribution in [2.24, 2.45) is 0 Å². The minimum atomic E-state index is -1.15. The molecule has 2 rings (SSSR count). The van der Waals surface area contributed by atoms with Gasteiger partial charge in [0.2, 0.25) is 0 Å². The lowest BCUT2D eigenvalue weighted by molar-refractivity contribution is -0.586. The molecule has 0 fully saturated rings. The Bertz CT molecular complexity index is 554. The molecule has 0 aliphatic carbocycles. The first-order valence-electron chi connectivity index (χ1n) is 6.13.